The van der Waals surface area contributed by atoms with Crippen LogP contribution in [0.15, 0.2) is 48.7 Å². The summed E-state index contributed by atoms with van der Waals surface area (Å²) in [6.45, 7) is 1.46. The fourth-order valence-electron chi connectivity index (χ4n) is 3.98. The average molecular weight is 470 g/mol. The number of piperidine rings is 1. The molecule has 0 bridgehead atoms. The van der Waals surface area contributed by atoms with Crippen LogP contribution in [0.5, 0.6) is 0 Å². The van der Waals surface area contributed by atoms with Gasteiger partial charge in [0.15, 0.2) is 0 Å². The zero-order chi connectivity index (χ0) is 23.4. The molecule has 1 atom stereocenters. The van der Waals surface area contributed by atoms with Crippen molar-refractivity contribution in [2.45, 2.75) is 24.8 Å². The number of carbonyl (C=O) groups is 1. The van der Waals surface area contributed by atoms with E-state index in [2.05, 4.69) is 20.6 Å². The summed E-state index contributed by atoms with van der Waals surface area (Å²) < 4.78 is 15.0. The summed E-state index contributed by atoms with van der Waals surface area (Å²) in [7, 11) is 0. The highest BCUT2D eigenvalue weighted by atomic mass is 35.5. The number of aliphatic hydroxyl groups is 1. The highest BCUT2D eigenvalue weighted by Gasteiger charge is 2.21. The number of carbonyl (C=O) groups excluding carboxylic acids is 1. The predicted octanol–water partition coefficient (Wildman–Crippen LogP) is 3.45. The maximum absolute atomic E-state index is 15.0. The van der Waals surface area contributed by atoms with Gasteiger partial charge in [0, 0.05) is 16.5 Å². The van der Waals surface area contributed by atoms with Crippen molar-refractivity contribution in [1.29, 1.82) is 0 Å². The van der Waals surface area contributed by atoms with Gasteiger partial charge >= 0.3 is 0 Å². The van der Waals surface area contributed by atoms with E-state index in [1.807, 2.05) is 0 Å². The second-order valence-corrected chi connectivity index (χ2v) is 8.45. The van der Waals surface area contributed by atoms with Crippen LogP contribution in [-0.4, -0.2) is 40.7 Å². The summed E-state index contributed by atoms with van der Waals surface area (Å²) in [4.78, 5) is 21.6. The monoisotopic (exact) mass is 469 g/mol. The number of nitrogen functional groups attached to an aromatic ring is 1. The molecule has 5 N–H and O–H groups in total. The number of nitrogens with two attached hydrogens (primary N) is 1. The average Bonchev–Trinajstić information content (AvgIpc) is 2.83. The number of rotatable bonds is 6. The molecule has 1 fully saturated rings. The number of aliphatic hydroxyl groups excluding tert-OH is 1. The lowest BCUT2D eigenvalue weighted by atomic mass is 9.94. The Morgan fingerprint density at radius 3 is 2.76 bits per heavy atom. The predicted molar refractivity (Wildman–Crippen MR) is 125 cm³/mol. The van der Waals surface area contributed by atoms with Gasteiger partial charge in [-0.25, -0.2) is 14.4 Å². The first-order valence-corrected chi connectivity index (χ1v) is 11.1. The van der Waals surface area contributed by atoms with Gasteiger partial charge in [-0.05, 0) is 55.8 Å². The molecule has 1 amide bonds. The zero-order valence-electron chi connectivity index (χ0n) is 17.9. The van der Waals surface area contributed by atoms with E-state index < -0.39 is 17.8 Å². The quantitative estimate of drug-likeness (QED) is 0.440. The van der Waals surface area contributed by atoms with Crippen LogP contribution in [0.3, 0.4) is 0 Å². The highest BCUT2D eigenvalue weighted by Crippen LogP contribution is 2.29. The molecule has 3 aromatic rings. The van der Waals surface area contributed by atoms with Crippen LogP contribution in [0.4, 0.5) is 10.2 Å². The summed E-state index contributed by atoms with van der Waals surface area (Å²) in [6, 6.07) is 10.2. The van der Waals surface area contributed by atoms with Crippen molar-refractivity contribution in [1.82, 2.24) is 20.6 Å². The van der Waals surface area contributed by atoms with Crippen molar-refractivity contribution in [3.63, 3.8) is 0 Å². The summed E-state index contributed by atoms with van der Waals surface area (Å²) in [5.41, 5.74) is 8.16. The summed E-state index contributed by atoms with van der Waals surface area (Å²) in [5, 5.41) is 16.1. The Bertz CT molecular complexity index is 1150. The second-order valence-electron chi connectivity index (χ2n) is 8.01. The van der Waals surface area contributed by atoms with Gasteiger partial charge in [0.1, 0.15) is 17.3 Å². The van der Waals surface area contributed by atoms with Gasteiger partial charge in [0.25, 0.3) is 5.91 Å². The Balaban J connectivity index is 1.56. The van der Waals surface area contributed by atoms with Gasteiger partial charge in [-0.3, -0.25) is 4.79 Å². The first-order valence-electron chi connectivity index (χ1n) is 10.8. The van der Waals surface area contributed by atoms with Crippen LogP contribution in [-0.2, 0) is 0 Å². The number of benzene rings is 2. The molecule has 1 aromatic heterocycles. The number of amides is 1. The van der Waals surface area contributed by atoms with E-state index in [0.717, 1.165) is 31.6 Å². The van der Waals surface area contributed by atoms with Crippen LogP contribution >= 0.6 is 11.6 Å². The van der Waals surface area contributed by atoms with Gasteiger partial charge < -0.3 is 21.5 Å². The fourth-order valence-corrected chi connectivity index (χ4v) is 4.18. The fraction of sp³-hybridized carbons (Fsp3) is 0.292. The molecule has 1 aliphatic rings. The molecule has 4 rings (SSSR count). The number of anilines is 1. The number of hydrogen-bond acceptors (Lipinski definition) is 6. The molecule has 33 heavy (non-hydrogen) atoms. The SMILES string of the molecule is Nc1ncc(C2CCNCC2)nc1-c1ccc(C(=O)NC(CO)c2cccc(Cl)c2)c(F)c1. The minimum Gasteiger partial charge on any atom is -0.394 e. The Morgan fingerprint density at radius 1 is 1.27 bits per heavy atom. The largest absolute Gasteiger partial charge is 0.394 e. The Kier molecular flexibility index (Phi) is 7.17. The standard InChI is InChI=1S/C24H25ClFN5O2/c25-17-3-1-2-15(10-17)21(13-32)31-24(33)18-5-4-16(11-19(18)26)22-23(27)29-12-20(30-22)14-6-8-28-9-7-14/h1-5,10-12,14,21,28,32H,6-9,13H2,(H2,27,29)(H,31,33). The van der Waals surface area contributed by atoms with Crippen molar-refractivity contribution < 1.29 is 14.3 Å². The minimum absolute atomic E-state index is 0.153. The third-order valence-corrected chi connectivity index (χ3v) is 6.04. The van der Waals surface area contributed by atoms with Crippen LogP contribution in [0.1, 0.15) is 46.4 Å². The molecule has 1 unspecified atom stereocenters. The maximum Gasteiger partial charge on any atom is 0.254 e. The number of nitrogens with one attached hydrogen (secondary N) is 2. The lowest BCUT2D eigenvalue weighted by molar-refractivity contribution is 0.0912. The van der Waals surface area contributed by atoms with Crippen LogP contribution < -0.4 is 16.4 Å². The number of aromatic nitrogens is 2. The van der Waals surface area contributed by atoms with Crippen LogP contribution in [0, 0.1) is 5.82 Å². The first-order chi connectivity index (χ1) is 16.0. The summed E-state index contributed by atoms with van der Waals surface area (Å²) in [5.74, 6) is -0.901. The summed E-state index contributed by atoms with van der Waals surface area (Å²) in [6.07, 6.45) is 3.58. The normalized spacial score (nSPS) is 15.2. The van der Waals surface area contributed by atoms with Gasteiger partial charge in [-0.15, -0.1) is 0 Å². The number of nitrogens with zero attached hydrogens (tertiary/aromatic N) is 2. The van der Waals surface area contributed by atoms with Crippen LogP contribution in [0.25, 0.3) is 11.3 Å². The summed E-state index contributed by atoms with van der Waals surface area (Å²) >= 11 is 5.99. The van der Waals surface area contributed by atoms with E-state index in [4.69, 9.17) is 17.3 Å². The highest BCUT2D eigenvalue weighted by molar-refractivity contribution is 6.30. The minimum atomic E-state index is -0.724. The van der Waals surface area contributed by atoms with Crippen molar-refractivity contribution >= 4 is 23.3 Å². The molecule has 7 nitrogen and oxygen atoms in total. The van der Waals surface area contributed by atoms with Crippen molar-refractivity contribution in [3.8, 4) is 11.3 Å². The molecular weight excluding hydrogens is 445 g/mol. The van der Waals surface area contributed by atoms with Gasteiger partial charge in [0.2, 0.25) is 0 Å². The molecule has 0 saturated carbocycles. The van der Waals surface area contributed by atoms with E-state index in [9.17, 15) is 14.3 Å². The number of hydrogen-bond donors (Lipinski definition) is 4. The van der Waals surface area contributed by atoms with E-state index in [-0.39, 0.29) is 23.9 Å². The molecule has 0 aliphatic carbocycles. The van der Waals surface area contributed by atoms with E-state index >= 15 is 0 Å². The molecule has 9 heteroatoms. The molecular formula is C24H25ClFN5O2. The van der Waals surface area contributed by atoms with Gasteiger partial charge in [0.05, 0.1) is 30.1 Å². The van der Waals surface area contributed by atoms with E-state index in [1.54, 1.807) is 36.5 Å². The van der Waals surface area contributed by atoms with Crippen molar-refractivity contribution in [2.75, 3.05) is 25.4 Å². The zero-order valence-corrected chi connectivity index (χ0v) is 18.6. The lowest BCUT2D eigenvalue weighted by Crippen LogP contribution is -2.31. The first kappa shape index (κ1) is 23.1. The molecule has 2 aromatic carbocycles. The molecule has 172 valence electrons. The molecule has 1 aliphatic heterocycles. The van der Waals surface area contributed by atoms with E-state index in [1.165, 1.54) is 12.1 Å². The Hall–Kier alpha value is -3.07. The maximum atomic E-state index is 15.0. The molecule has 2 heterocycles. The molecule has 0 spiro atoms. The van der Waals surface area contributed by atoms with Gasteiger partial charge in [-0.1, -0.05) is 29.8 Å². The Morgan fingerprint density at radius 2 is 2.06 bits per heavy atom. The molecule has 0 radical (unpaired) electrons. The van der Waals surface area contributed by atoms with E-state index in [0.29, 0.717) is 21.8 Å². The number of halogens is 2. The topological polar surface area (TPSA) is 113 Å². The second kappa shape index (κ2) is 10.2. The van der Waals surface area contributed by atoms with Crippen LogP contribution in [0.2, 0.25) is 5.02 Å². The third-order valence-electron chi connectivity index (χ3n) is 5.80. The third kappa shape index (κ3) is 5.30. The van der Waals surface area contributed by atoms with Gasteiger partial charge in [-0.2, -0.15) is 0 Å². The van der Waals surface area contributed by atoms with Crippen molar-refractivity contribution in [3.05, 3.63) is 76.3 Å². The smallest absolute Gasteiger partial charge is 0.254 e. The van der Waals surface area contributed by atoms with Crippen molar-refractivity contribution in [2.24, 2.45) is 0 Å². The molecule has 1 saturated heterocycles. The lowest BCUT2D eigenvalue weighted by Gasteiger charge is -2.22. The Labute approximate surface area is 196 Å².